The fourth-order valence-electron chi connectivity index (χ4n) is 1.61. The number of pyridine rings is 1. The average Bonchev–Trinajstić information content (AvgIpc) is 2.33. The van der Waals surface area contributed by atoms with Crippen LogP contribution in [0.3, 0.4) is 0 Å². The Balaban J connectivity index is 2.16. The predicted octanol–water partition coefficient (Wildman–Crippen LogP) is 3.55. The molecular weight excluding hydrogens is 262 g/mol. The molecule has 0 fully saturated rings. The fourth-order valence-corrected chi connectivity index (χ4v) is 1.61. The quantitative estimate of drug-likeness (QED) is 0.793. The van der Waals surface area contributed by atoms with Gasteiger partial charge in [0.15, 0.2) is 11.6 Å². The van der Waals surface area contributed by atoms with E-state index in [1.165, 1.54) is 18.3 Å². The maximum atomic E-state index is 13.0. The molecule has 0 saturated carbocycles. The first-order chi connectivity index (χ1) is 9.04. The largest absolute Gasteiger partial charge is 0.433 e. The van der Waals surface area contributed by atoms with Crippen molar-refractivity contribution in [2.75, 3.05) is 0 Å². The number of alkyl halides is 2. The standard InChI is InChI=1S/C13H9F4NO/c14-11-2-1-8(5-12(11)15)3-9-4-10(7-18-6-9)19-13(16)17/h1-2,4-7,13H,3H2. The lowest BCUT2D eigenvalue weighted by molar-refractivity contribution is -0.0501. The van der Waals surface area contributed by atoms with Gasteiger partial charge in [-0.15, -0.1) is 0 Å². The Morgan fingerprint density at radius 2 is 1.79 bits per heavy atom. The SMILES string of the molecule is Fc1ccc(Cc2cncc(OC(F)F)c2)cc1F. The van der Waals surface area contributed by atoms with Crippen LogP contribution < -0.4 is 4.74 Å². The Bertz CT molecular complexity index is 574. The summed E-state index contributed by atoms with van der Waals surface area (Å²) in [5, 5.41) is 0. The number of rotatable bonds is 4. The first kappa shape index (κ1) is 13.3. The first-order valence-corrected chi connectivity index (χ1v) is 5.37. The molecule has 2 rings (SSSR count). The van der Waals surface area contributed by atoms with Crippen LogP contribution in [0.5, 0.6) is 5.75 Å². The van der Waals surface area contributed by atoms with Crippen LogP contribution in [0.25, 0.3) is 0 Å². The zero-order valence-electron chi connectivity index (χ0n) is 9.62. The van der Waals surface area contributed by atoms with E-state index in [-0.39, 0.29) is 12.2 Å². The maximum Gasteiger partial charge on any atom is 0.387 e. The van der Waals surface area contributed by atoms with Crippen molar-refractivity contribution in [2.45, 2.75) is 13.0 Å². The number of ether oxygens (including phenoxy) is 1. The van der Waals surface area contributed by atoms with Crippen LogP contribution in [0.2, 0.25) is 0 Å². The zero-order valence-corrected chi connectivity index (χ0v) is 9.62. The molecule has 1 aromatic heterocycles. The number of aromatic nitrogens is 1. The molecule has 0 aliphatic rings. The van der Waals surface area contributed by atoms with Crippen LogP contribution in [-0.2, 0) is 6.42 Å². The summed E-state index contributed by atoms with van der Waals surface area (Å²) in [4.78, 5) is 3.75. The van der Waals surface area contributed by atoms with Crippen LogP contribution in [0, 0.1) is 11.6 Å². The van der Waals surface area contributed by atoms with Crippen LogP contribution >= 0.6 is 0 Å². The summed E-state index contributed by atoms with van der Waals surface area (Å²) >= 11 is 0. The van der Waals surface area contributed by atoms with Gasteiger partial charge in [0.1, 0.15) is 5.75 Å². The summed E-state index contributed by atoms with van der Waals surface area (Å²) in [7, 11) is 0. The van der Waals surface area contributed by atoms with Crippen molar-refractivity contribution >= 4 is 0 Å². The molecule has 2 aromatic rings. The third-order valence-electron chi connectivity index (χ3n) is 2.39. The summed E-state index contributed by atoms with van der Waals surface area (Å²) < 4.78 is 54.0. The van der Waals surface area contributed by atoms with E-state index in [4.69, 9.17) is 0 Å². The third kappa shape index (κ3) is 3.67. The minimum absolute atomic E-state index is 0.0740. The minimum atomic E-state index is -2.93. The van der Waals surface area contributed by atoms with Gasteiger partial charge in [0, 0.05) is 6.20 Å². The molecule has 0 saturated heterocycles. The molecule has 0 aliphatic heterocycles. The molecule has 100 valence electrons. The normalized spacial score (nSPS) is 10.8. The molecule has 2 nitrogen and oxygen atoms in total. The van der Waals surface area contributed by atoms with Gasteiger partial charge in [-0.2, -0.15) is 8.78 Å². The average molecular weight is 271 g/mol. The molecule has 0 atom stereocenters. The molecule has 0 N–H and O–H groups in total. The van der Waals surface area contributed by atoms with Crippen molar-refractivity contribution in [1.82, 2.24) is 4.98 Å². The smallest absolute Gasteiger partial charge is 0.387 e. The second-order valence-corrected chi connectivity index (χ2v) is 3.83. The van der Waals surface area contributed by atoms with Crippen molar-refractivity contribution in [3.8, 4) is 5.75 Å². The summed E-state index contributed by atoms with van der Waals surface area (Å²) in [6, 6.07) is 4.85. The topological polar surface area (TPSA) is 22.1 Å². The van der Waals surface area contributed by atoms with Crippen molar-refractivity contribution in [1.29, 1.82) is 0 Å². The highest BCUT2D eigenvalue weighted by Crippen LogP contribution is 2.18. The zero-order chi connectivity index (χ0) is 13.8. The van der Waals surface area contributed by atoms with Gasteiger partial charge < -0.3 is 4.74 Å². The lowest BCUT2D eigenvalue weighted by Gasteiger charge is -2.06. The molecule has 0 amide bonds. The summed E-state index contributed by atoms with van der Waals surface area (Å²) in [5.41, 5.74) is 1.07. The Morgan fingerprint density at radius 3 is 2.47 bits per heavy atom. The highest BCUT2D eigenvalue weighted by molar-refractivity contribution is 5.29. The minimum Gasteiger partial charge on any atom is -0.433 e. The summed E-state index contributed by atoms with van der Waals surface area (Å²) in [5.74, 6) is -1.96. The van der Waals surface area contributed by atoms with Crippen molar-refractivity contribution in [2.24, 2.45) is 0 Å². The molecule has 0 spiro atoms. The second-order valence-electron chi connectivity index (χ2n) is 3.83. The molecule has 0 radical (unpaired) electrons. The third-order valence-corrected chi connectivity index (χ3v) is 2.39. The molecule has 1 heterocycles. The number of benzene rings is 1. The molecule has 1 aromatic carbocycles. The second kappa shape index (κ2) is 5.69. The van der Waals surface area contributed by atoms with Gasteiger partial charge in [-0.1, -0.05) is 6.07 Å². The Kier molecular flexibility index (Phi) is 3.99. The van der Waals surface area contributed by atoms with E-state index in [2.05, 4.69) is 9.72 Å². The Morgan fingerprint density at radius 1 is 1.00 bits per heavy atom. The lowest BCUT2D eigenvalue weighted by atomic mass is 10.1. The summed E-state index contributed by atoms with van der Waals surface area (Å²) in [6.45, 7) is -2.93. The van der Waals surface area contributed by atoms with E-state index < -0.39 is 18.2 Å². The van der Waals surface area contributed by atoms with E-state index in [9.17, 15) is 17.6 Å². The van der Waals surface area contributed by atoms with E-state index in [1.807, 2.05) is 0 Å². The number of hydrogen-bond acceptors (Lipinski definition) is 2. The van der Waals surface area contributed by atoms with Crippen molar-refractivity contribution < 1.29 is 22.3 Å². The monoisotopic (exact) mass is 271 g/mol. The van der Waals surface area contributed by atoms with Crippen LogP contribution in [0.1, 0.15) is 11.1 Å². The van der Waals surface area contributed by atoms with Crippen molar-refractivity contribution in [3.63, 3.8) is 0 Å². The molecule has 6 heteroatoms. The predicted molar refractivity (Wildman–Crippen MR) is 60.0 cm³/mol. The lowest BCUT2D eigenvalue weighted by Crippen LogP contribution is -2.03. The van der Waals surface area contributed by atoms with Crippen LogP contribution in [0.15, 0.2) is 36.7 Å². The Hall–Kier alpha value is -2.11. The number of nitrogens with zero attached hydrogens (tertiary/aromatic N) is 1. The van der Waals surface area contributed by atoms with E-state index in [0.29, 0.717) is 11.1 Å². The van der Waals surface area contributed by atoms with Gasteiger partial charge in [-0.3, -0.25) is 4.98 Å². The van der Waals surface area contributed by atoms with Crippen molar-refractivity contribution in [3.05, 3.63) is 59.4 Å². The highest BCUT2D eigenvalue weighted by Gasteiger charge is 2.07. The molecule has 0 bridgehead atoms. The van der Waals surface area contributed by atoms with Gasteiger partial charge in [-0.25, -0.2) is 8.78 Å². The van der Waals surface area contributed by atoms with Gasteiger partial charge in [0.05, 0.1) is 6.20 Å². The first-order valence-electron chi connectivity index (χ1n) is 5.37. The highest BCUT2D eigenvalue weighted by atomic mass is 19.3. The van der Waals surface area contributed by atoms with Gasteiger partial charge in [-0.05, 0) is 35.7 Å². The van der Waals surface area contributed by atoms with Gasteiger partial charge >= 0.3 is 6.61 Å². The number of hydrogen-bond donors (Lipinski definition) is 0. The molecule has 0 unspecified atom stereocenters. The Labute approximate surface area is 106 Å². The van der Waals surface area contributed by atoms with E-state index in [0.717, 1.165) is 18.3 Å². The fraction of sp³-hybridized carbons (Fsp3) is 0.154. The van der Waals surface area contributed by atoms with Crippen LogP contribution in [-0.4, -0.2) is 11.6 Å². The molecular formula is C13H9F4NO. The van der Waals surface area contributed by atoms with E-state index >= 15 is 0 Å². The van der Waals surface area contributed by atoms with Crippen LogP contribution in [0.4, 0.5) is 17.6 Å². The molecule has 19 heavy (non-hydrogen) atoms. The van der Waals surface area contributed by atoms with E-state index in [1.54, 1.807) is 0 Å². The number of halogens is 4. The maximum absolute atomic E-state index is 13.0. The summed E-state index contributed by atoms with van der Waals surface area (Å²) in [6.07, 6.45) is 2.84. The molecule has 0 aliphatic carbocycles. The van der Waals surface area contributed by atoms with Gasteiger partial charge in [0.2, 0.25) is 0 Å². The van der Waals surface area contributed by atoms with Gasteiger partial charge in [0.25, 0.3) is 0 Å².